The molecule has 1 aromatic rings. The number of ether oxygens (including phenoxy) is 1. The van der Waals surface area contributed by atoms with E-state index in [1.807, 2.05) is 20.8 Å². The maximum absolute atomic E-state index is 12.9. The summed E-state index contributed by atoms with van der Waals surface area (Å²) in [5.74, 6) is 10.3. The monoisotopic (exact) mass is 410 g/mol. The van der Waals surface area contributed by atoms with Crippen molar-refractivity contribution in [2.45, 2.75) is 50.7 Å². The molecule has 1 aliphatic rings. The van der Waals surface area contributed by atoms with Crippen LogP contribution in [0.15, 0.2) is 29.2 Å². The number of nitrogens with zero attached hydrogens (tertiary/aromatic N) is 1. The predicted molar refractivity (Wildman–Crippen MR) is 102 cm³/mol. The Morgan fingerprint density at radius 3 is 2.54 bits per heavy atom. The molecule has 1 aliphatic heterocycles. The normalized spacial score (nSPS) is 20.8. The number of carbonyl (C=O) groups is 1. The van der Waals surface area contributed by atoms with E-state index in [2.05, 4.69) is 16.7 Å². The van der Waals surface area contributed by atoms with E-state index in [1.54, 1.807) is 0 Å². The smallest absolute Gasteiger partial charge is 0.345 e. The minimum absolute atomic E-state index is 0.0236. The third-order valence-electron chi connectivity index (χ3n) is 4.12. The van der Waals surface area contributed by atoms with Crippen molar-refractivity contribution < 1.29 is 27.9 Å². The summed E-state index contributed by atoms with van der Waals surface area (Å²) in [5, 5.41) is 10.1. The highest BCUT2D eigenvalue weighted by Gasteiger charge is 2.43. The summed E-state index contributed by atoms with van der Waals surface area (Å²) in [6.07, 6.45) is -0.472. The Kier molecular flexibility index (Phi) is 7.06. The van der Waals surface area contributed by atoms with Crippen LogP contribution in [0.25, 0.3) is 0 Å². The first-order chi connectivity index (χ1) is 13.1. The van der Waals surface area contributed by atoms with Gasteiger partial charge in [0.15, 0.2) is 0 Å². The summed E-state index contributed by atoms with van der Waals surface area (Å²) in [4.78, 5) is 16.0. The Balaban J connectivity index is 2.16. The molecule has 8 nitrogen and oxygen atoms in total. The number of hydrogen-bond donors (Lipinski definition) is 2. The number of sulfonamides is 1. The largest absolute Gasteiger partial charge is 0.481 e. The van der Waals surface area contributed by atoms with Crippen LogP contribution in [0.5, 0.6) is 5.75 Å². The zero-order valence-corrected chi connectivity index (χ0v) is 17.0. The average molecular weight is 410 g/mol. The van der Waals surface area contributed by atoms with Gasteiger partial charge in [0, 0.05) is 12.0 Å². The van der Waals surface area contributed by atoms with Crippen LogP contribution in [0, 0.1) is 17.3 Å². The Hall–Kier alpha value is -2.12. The number of carbonyl (C=O) groups excluding carboxylic acids is 1. The van der Waals surface area contributed by atoms with E-state index in [1.165, 1.54) is 24.3 Å². The molecule has 0 amide bonds. The molecule has 1 heterocycles. The van der Waals surface area contributed by atoms with Gasteiger partial charge in [0.1, 0.15) is 18.4 Å². The van der Waals surface area contributed by atoms with Gasteiger partial charge in [-0.1, -0.05) is 11.8 Å². The second kappa shape index (κ2) is 8.92. The summed E-state index contributed by atoms with van der Waals surface area (Å²) in [5.41, 5.74) is -0.123. The highest BCUT2D eigenvalue weighted by Crippen LogP contribution is 2.27. The number of piperidine rings is 1. The van der Waals surface area contributed by atoms with Gasteiger partial charge in [0.05, 0.1) is 11.0 Å². The molecule has 1 saturated heterocycles. The highest BCUT2D eigenvalue weighted by atomic mass is 32.2. The quantitative estimate of drug-likeness (QED) is 0.550. The van der Waals surface area contributed by atoms with Crippen molar-refractivity contribution in [3.05, 3.63) is 24.3 Å². The zero-order chi connectivity index (χ0) is 20.9. The van der Waals surface area contributed by atoms with Gasteiger partial charge in [-0.05, 0) is 57.9 Å². The Bertz CT molecular complexity index is 849. The van der Waals surface area contributed by atoms with Gasteiger partial charge in [-0.2, -0.15) is 10.2 Å². The molecule has 2 atom stereocenters. The van der Waals surface area contributed by atoms with Crippen molar-refractivity contribution in [1.29, 1.82) is 0 Å². The lowest BCUT2D eigenvalue weighted by Gasteiger charge is -2.35. The maximum atomic E-state index is 12.9. The molecule has 1 fully saturated rings. The molecule has 2 unspecified atom stereocenters. The summed E-state index contributed by atoms with van der Waals surface area (Å²) >= 11 is 0. The van der Waals surface area contributed by atoms with Gasteiger partial charge in [-0.25, -0.2) is 13.2 Å². The standard InChI is InChI=1S/C19H26N2O6S/c1-19(2,3)11-5-13-26-14-7-9-15(10-8-14)28(24,25)21-12-4-6-16(22)17(21)18(23)27-20/h7-10,16-17,22H,4,6,12-13,20H2,1-3H3. The predicted octanol–water partition coefficient (Wildman–Crippen LogP) is 1.05. The molecule has 3 N–H and O–H groups in total. The van der Waals surface area contributed by atoms with Crippen LogP contribution in [0.4, 0.5) is 0 Å². The molecule has 0 aliphatic carbocycles. The number of aliphatic hydroxyl groups excluding tert-OH is 1. The van der Waals surface area contributed by atoms with Crippen LogP contribution in [0.3, 0.4) is 0 Å². The van der Waals surface area contributed by atoms with Crippen molar-refractivity contribution in [2.24, 2.45) is 11.3 Å². The number of rotatable bonds is 5. The van der Waals surface area contributed by atoms with Gasteiger partial charge < -0.3 is 14.7 Å². The van der Waals surface area contributed by atoms with Gasteiger partial charge in [-0.3, -0.25) is 0 Å². The molecule has 0 radical (unpaired) electrons. The summed E-state index contributed by atoms with van der Waals surface area (Å²) in [6, 6.07) is 4.43. The van der Waals surface area contributed by atoms with Crippen LogP contribution >= 0.6 is 0 Å². The molecule has 28 heavy (non-hydrogen) atoms. The van der Waals surface area contributed by atoms with E-state index < -0.39 is 28.1 Å². The van der Waals surface area contributed by atoms with Crippen molar-refractivity contribution in [1.82, 2.24) is 4.31 Å². The first-order valence-corrected chi connectivity index (χ1v) is 10.3. The molecular formula is C19H26N2O6S. The molecule has 0 aromatic heterocycles. The molecule has 2 rings (SSSR count). The van der Waals surface area contributed by atoms with E-state index in [9.17, 15) is 18.3 Å². The zero-order valence-electron chi connectivity index (χ0n) is 16.2. The fraction of sp³-hybridized carbons (Fsp3) is 0.526. The van der Waals surface area contributed by atoms with E-state index in [0.29, 0.717) is 12.2 Å². The fourth-order valence-corrected chi connectivity index (χ4v) is 4.47. The molecule has 0 spiro atoms. The van der Waals surface area contributed by atoms with E-state index in [4.69, 9.17) is 10.6 Å². The minimum atomic E-state index is -4.03. The molecule has 9 heteroatoms. The van der Waals surface area contributed by atoms with E-state index >= 15 is 0 Å². The SMILES string of the molecule is CC(C)(C)C#CCOc1ccc(S(=O)(=O)N2CCCC(O)C2C(=O)ON)cc1. The second-order valence-electron chi connectivity index (χ2n) is 7.52. The number of nitrogens with two attached hydrogens (primary N) is 1. The molecule has 154 valence electrons. The van der Waals surface area contributed by atoms with E-state index in [-0.39, 0.29) is 29.9 Å². The Labute approximate surface area is 165 Å². The van der Waals surface area contributed by atoms with Gasteiger partial charge >= 0.3 is 5.97 Å². The van der Waals surface area contributed by atoms with Crippen LogP contribution in [0.2, 0.25) is 0 Å². The fourth-order valence-electron chi connectivity index (χ4n) is 2.82. The number of hydrogen-bond acceptors (Lipinski definition) is 7. The Morgan fingerprint density at radius 1 is 1.32 bits per heavy atom. The highest BCUT2D eigenvalue weighted by molar-refractivity contribution is 7.89. The molecule has 1 aromatic carbocycles. The molecule has 0 bridgehead atoms. The molecular weight excluding hydrogens is 384 g/mol. The summed E-state index contributed by atoms with van der Waals surface area (Å²) in [6.45, 7) is 6.24. The average Bonchev–Trinajstić information content (AvgIpc) is 2.64. The lowest BCUT2D eigenvalue weighted by Crippen LogP contribution is -2.55. The second-order valence-corrected chi connectivity index (χ2v) is 9.41. The lowest BCUT2D eigenvalue weighted by atomic mass is 9.98. The molecule has 0 saturated carbocycles. The van der Waals surface area contributed by atoms with Crippen LogP contribution < -0.4 is 10.6 Å². The van der Waals surface area contributed by atoms with Gasteiger partial charge in [0.25, 0.3) is 0 Å². The summed E-state index contributed by atoms with van der Waals surface area (Å²) in [7, 11) is -4.03. The van der Waals surface area contributed by atoms with Crippen molar-refractivity contribution in [3.8, 4) is 17.6 Å². The van der Waals surface area contributed by atoms with Gasteiger partial charge in [0.2, 0.25) is 10.0 Å². The Morgan fingerprint density at radius 2 is 1.96 bits per heavy atom. The van der Waals surface area contributed by atoms with Crippen LogP contribution in [-0.4, -0.2) is 49.1 Å². The van der Waals surface area contributed by atoms with Crippen molar-refractivity contribution in [2.75, 3.05) is 13.2 Å². The number of aliphatic hydroxyl groups is 1. The van der Waals surface area contributed by atoms with Crippen LogP contribution in [-0.2, 0) is 19.7 Å². The maximum Gasteiger partial charge on any atom is 0.345 e. The number of benzene rings is 1. The van der Waals surface area contributed by atoms with Crippen molar-refractivity contribution in [3.63, 3.8) is 0 Å². The van der Waals surface area contributed by atoms with Crippen molar-refractivity contribution >= 4 is 16.0 Å². The summed E-state index contributed by atoms with van der Waals surface area (Å²) < 4.78 is 32.3. The lowest BCUT2D eigenvalue weighted by molar-refractivity contribution is -0.154. The minimum Gasteiger partial charge on any atom is -0.481 e. The first kappa shape index (κ1) is 22.2. The third-order valence-corrected chi connectivity index (χ3v) is 6.01. The topological polar surface area (TPSA) is 119 Å². The van der Waals surface area contributed by atoms with Crippen LogP contribution in [0.1, 0.15) is 33.6 Å². The first-order valence-electron chi connectivity index (χ1n) is 8.89. The van der Waals surface area contributed by atoms with E-state index in [0.717, 1.165) is 4.31 Å². The third kappa shape index (κ3) is 5.45. The van der Waals surface area contributed by atoms with Gasteiger partial charge in [-0.15, -0.1) is 0 Å².